The van der Waals surface area contributed by atoms with Crippen molar-refractivity contribution in [2.45, 2.75) is 26.3 Å². The molecule has 7 heteroatoms. The quantitative estimate of drug-likeness (QED) is 0.911. The Morgan fingerprint density at radius 1 is 1.43 bits per heavy atom. The van der Waals surface area contributed by atoms with Gasteiger partial charge in [0.2, 0.25) is 0 Å². The monoisotopic (exact) mass is 310 g/mol. The van der Waals surface area contributed by atoms with Crippen molar-refractivity contribution in [1.82, 2.24) is 9.55 Å². The zero-order valence-corrected chi connectivity index (χ0v) is 13.0. The number of benzene rings is 1. The predicted molar refractivity (Wildman–Crippen MR) is 80.5 cm³/mol. The van der Waals surface area contributed by atoms with E-state index in [1.807, 2.05) is 6.92 Å². The fraction of sp³-hybridized carbons (Fsp3) is 0.429. The summed E-state index contributed by atoms with van der Waals surface area (Å²) in [7, 11) is -3.17. The Morgan fingerprint density at radius 2 is 2.10 bits per heavy atom. The van der Waals surface area contributed by atoms with E-state index in [1.54, 1.807) is 23.6 Å². The van der Waals surface area contributed by atoms with Gasteiger partial charge in [0.15, 0.2) is 0 Å². The normalized spacial score (nSPS) is 13.5. The van der Waals surface area contributed by atoms with E-state index in [9.17, 15) is 18.3 Å². The lowest BCUT2D eigenvalue weighted by molar-refractivity contribution is 0.0698. The smallest absolute Gasteiger partial charge is 0.337 e. The second kappa shape index (κ2) is 5.48. The van der Waals surface area contributed by atoms with Crippen LogP contribution in [-0.4, -0.2) is 41.1 Å². The Hall–Kier alpha value is -1.89. The summed E-state index contributed by atoms with van der Waals surface area (Å²) in [6, 6.07) is 4.52. The molecule has 0 aliphatic carbocycles. The lowest BCUT2D eigenvalue weighted by atomic mass is 10.1. The molecule has 6 nitrogen and oxygen atoms in total. The molecule has 2 aromatic rings. The van der Waals surface area contributed by atoms with Crippen molar-refractivity contribution in [2.24, 2.45) is 0 Å². The number of aromatic carboxylic acids is 1. The minimum absolute atomic E-state index is 0.0561. The van der Waals surface area contributed by atoms with Crippen molar-refractivity contribution in [3.05, 3.63) is 29.6 Å². The molecule has 2 rings (SSSR count). The van der Waals surface area contributed by atoms with Crippen LogP contribution in [0.2, 0.25) is 0 Å². The molecule has 1 aromatic heterocycles. The van der Waals surface area contributed by atoms with Crippen LogP contribution in [0.1, 0.15) is 36.1 Å². The highest BCUT2D eigenvalue weighted by Crippen LogP contribution is 2.26. The van der Waals surface area contributed by atoms with Gasteiger partial charge in [0, 0.05) is 18.7 Å². The lowest BCUT2D eigenvalue weighted by Gasteiger charge is -2.17. The number of nitrogens with zero attached hydrogens (tertiary/aromatic N) is 2. The van der Waals surface area contributed by atoms with Crippen LogP contribution in [-0.2, 0) is 16.3 Å². The van der Waals surface area contributed by atoms with Crippen molar-refractivity contribution in [1.29, 1.82) is 0 Å². The molecule has 0 bridgehead atoms. The molecule has 0 radical (unpaired) electrons. The van der Waals surface area contributed by atoms with Crippen molar-refractivity contribution >= 4 is 26.8 Å². The first-order chi connectivity index (χ1) is 9.74. The zero-order chi connectivity index (χ0) is 15.8. The Morgan fingerprint density at radius 3 is 2.62 bits per heavy atom. The number of hydrogen-bond acceptors (Lipinski definition) is 4. The molecule has 0 saturated carbocycles. The maximum atomic E-state index is 11.5. The van der Waals surface area contributed by atoms with Crippen molar-refractivity contribution in [3.63, 3.8) is 0 Å². The second-order valence-electron chi connectivity index (χ2n) is 5.17. The number of carboxylic acid groups (broad SMARTS) is 1. The Kier molecular flexibility index (Phi) is 4.04. The van der Waals surface area contributed by atoms with E-state index in [4.69, 9.17) is 0 Å². The Labute approximate surface area is 123 Å². The largest absolute Gasteiger partial charge is 0.478 e. The van der Waals surface area contributed by atoms with E-state index in [1.165, 1.54) is 12.3 Å². The van der Waals surface area contributed by atoms with Gasteiger partial charge in [-0.25, -0.2) is 18.2 Å². The molecule has 0 spiro atoms. The van der Waals surface area contributed by atoms with E-state index >= 15 is 0 Å². The second-order valence-corrected chi connectivity index (χ2v) is 7.36. The third-order valence-corrected chi connectivity index (χ3v) is 4.40. The van der Waals surface area contributed by atoms with E-state index in [-0.39, 0.29) is 17.4 Å². The summed E-state index contributed by atoms with van der Waals surface area (Å²) in [5.74, 6) is -0.412. The maximum absolute atomic E-state index is 11.5. The minimum Gasteiger partial charge on any atom is -0.478 e. The summed E-state index contributed by atoms with van der Waals surface area (Å²) in [4.78, 5) is 15.8. The number of sulfone groups is 1. The number of carboxylic acids is 1. The van der Waals surface area contributed by atoms with Gasteiger partial charge in [-0.1, -0.05) is 13.0 Å². The van der Waals surface area contributed by atoms with Gasteiger partial charge >= 0.3 is 5.97 Å². The molecule has 1 unspecified atom stereocenters. The van der Waals surface area contributed by atoms with Gasteiger partial charge in [0.25, 0.3) is 0 Å². The molecule has 1 aromatic carbocycles. The third-order valence-electron chi connectivity index (χ3n) is 3.31. The van der Waals surface area contributed by atoms with E-state index in [0.717, 1.165) is 0 Å². The van der Waals surface area contributed by atoms with Gasteiger partial charge in [-0.15, -0.1) is 0 Å². The van der Waals surface area contributed by atoms with Gasteiger partial charge in [-0.05, 0) is 19.1 Å². The van der Waals surface area contributed by atoms with Gasteiger partial charge in [0.1, 0.15) is 15.7 Å². The van der Waals surface area contributed by atoms with Crippen LogP contribution >= 0.6 is 0 Å². The molecule has 0 saturated heterocycles. The molecule has 1 atom stereocenters. The third kappa shape index (κ3) is 3.07. The van der Waals surface area contributed by atoms with Crippen LogP contribution in [0, 0.1) is 0 Å². The number of aromatic nitrogens is 2. The molecule has 0 aliphatic rings. The van der Waals surface area contributed by atoms with Crippen LogP contribution < -0.4 is 0 Å². The summed E-state index contributed by atoms with van der Waals surface area (Å²) < 4.78 is 24.8. The number of para-hydroxylation sites is 1. The molecule has 114 valence electrons. The van der Waals surface area contributed by atoms with Crippen molar-refractivity contribution in [3.8, 4) is 0 Å². The van der Waals surface area contributed by atoms with Crippen LogP contribution in [0.5, 0.6) is 0 Å². The predicted octanol–water partition coefficient (Wildman–Crippen LogP) is 1.90. The van der Waals surface area contributed by atoms with Crippen molar-refractivity contribution < 1.29 is 18.3 Å². The molecule has 0 aliphatic heterocycles. The first-order valence-electron chi connectivity index (χ1n) is 6.65. The van der Waals surface area contributed by atoms with Crippen LogP contribution in [0.4, 0.5) is 0 Å². The average molecular weight is 310 g/mol. The Bertz CT molecular complexity index is 793. The first-order valence-corrected chi connectivity index (χ1v) is 8.71. The molecule has 1 heterocycles. The summed E-state index contributed by atoms with van der Waals surface area (Å²) in [5.41, 5.74) is 1.20. The fourth-order valence-corrected chi connectivity index (χ4v) is 3.63. The van der Waals surface area contributed by atoms with Crippen LogP contribution in [0.25, 0.3) is 11.0 Å². The standard InChI is InChI=1S/C14H18N2O4S/c1-4-12-15-11-7-5-6-10(14(17)18)13(11)16(12)9(2)8-21(3,19)20/h5-7,9H,4,8H2,1-3H3,(H,17,18). The van der Waals surface area contributed by atoms with Gasteiger partial charge < -0.3 is 9.67 Å². The molecule has 0 amide bonds. The van der Waals surface area contributed by atoms with E-state index in [0.29, 0.717) is 23.3 Å². The molecular weight excluding hydrogens is 292 g/mol. The van der Waals surface area contributed by atoms with E-state index < -0.39 is 15.8 Å². The summed E-state index contributed by atoms with van der Waals surface area (Å²) >= 11 is 0. The molecule has 0 fully saturated rings. The number of imidazole rings is 1. The first kappa shape index (κ1) is 15.5. The topological polar surface area (TPSA) is 89.3 Å². The number of hydrogen-bond donors (Lipinski definition) is 1. The SMILES string of the molecule is CCc1nc2cccc(C(=O)O)c2n1C(C)CS(C)(=O)=O. The minimum atomic E-state index is -3.17. The van der Waals surface area contributed by atoms with Gasteiger partial charge in [0.05, 0.1) is 22.3 Å². The number of rotatable bonds is 5. The highest BCUT2D eigenvalue weighted by atomic mass is 32.2. The lowest BCUT2D eigenvalue weighted by Crippen LogP contribution is -2.19. The fourth-order valence-electron chi connectivity index (χ4n) is 2.61. The number of aryl methyl sites for hydroxylation is 1. The number of fused-ring (bicyclic) bond motifs is 1. The van der Waals surface area contributed by atoms with Crippen LogP contribution in [0.3, 0.4) is 0 Å². The van der Waals surface area contributed by atoms with Gasteiger partial charge in [-0.2, -0.15) is 0 Å². The maximum Gasteiger partial charge on any atom is 0.337 e. The average Bonchev–Trinajstić information content (AvgIpc) is 2.74. The highest BCUT2D eigenvalue weighted by molar-refractivity contribution is 7.90. The van der Waals surface area contributed by atoms with Crippen molar-refractivity contribution in [2.75, 3.05) is 12.0 Å². The molecule has 21 heavy (non-hydrogen) atoms. The molecule has 1 N–H and O–H groups in total. The summed E-state index contributed by atoms with van der Waals surface area (Å²) in [6.07, 6.45) is 1.77. The van der Waals surface area contributed by atoms with E-state index in [2.05, 4.69) is 4.98 Å². The molecular formula is C14H18N2O4S. The van der Waals surface area contributed by atoms with Gasteiger partial charge in [-0.3, -0.25) is 0 Å². The number of carbonyl (C=O) groups is 1. The Balaban J connectivity index is 2.73. The summed E-state index contributed by atoms with van der Waals surface area (Å²) in [5, 5.41) is 9.34. The highest BCUT2D eigenvalue weighted by Gasteiger charge is 2.22. The van der Waals surface area contributed by atoms with Crippen LogP contribution in [0.15, 0.2) is 18.2 Å². The zero-order valence-electron chi connectivity index (χ0n) is 12.2. The summed E-state index contributed by atoms with van der Waals surface area (Å²) in [6.45, 7) is 3.67.